The zero-order valence-corrected chi connectivity index (χ0v) is 23.3. The van der Waals surface area contributed by atoms with Crippen LogP contribution in [0.15, 0.2) is 78.4 Å². The van der Waals surface area contributed by atoms with E-state index in [1.165, 1.54) is 4.90 Å². The van der Waals surface area contributed by atoms with Gasteiger partial charge in [0.1, 0.15) is 17.3 Å². The number of aliphatic hydroxyl groups excluding tert-OH is 1. The van der Waals surface area contributed by atoms with Gasteiger partial charge in [-0.2, -0.15) is 0 Å². The van der Waals surface area contributed by atoms with Crippen LogP contribution in [0, 0.1) is 18.8 Å². The molecule has 0 saturated carbocycles. The summed E-state index contributed by atoms with van der Waals surface area (Å²) < 4.78 is 11.6. The largest absolute Gasteiger partial charge is 0.507 e. The van der Waals surface area contributed by atoms with Gasteiger partial charge in [-0.3, -0.25) is 9.59 Å². The van der Waals surface area contributed by atoms with Crippen LogP contribution in [-0.2, 0) is 16.1 Å². The lowest BCUT2D eigenvalue weighted by Gasteiger charge is -2.26. The molecule has 0 bridgehead atoms. The van der Waals surface area contributed by atoms with E-state index in [-0.39, 0.29) is 17.9 Å². The van der Waals surface area contributed by atoms with E-state index in [4.69, 9.17) is 9.47 Å². The highest BCUT2D eigenvalue weighted by Gasteiger charge is 2.46. The van der Waals surface area contributed by atoms with E-state index in [9.17, 15) is 14.7 Å². The van der Waals surface area contributed by atoms with Gasteiger partial charge in [-0.05, 0) is 54.2 Å². The SMILES string of the molecule is Cc1cccc(C2/C(=C(/O)c3cccc(OCC(C)C)c3)C(=O)C(=O)N2Cc2ccc(OCC(C)C)cc2)c1. The van der Waals surface area contributed by atoms with Crippen molar-refractivity contribution >= 4 is 17.4 Å². The summed E-state index contributed by atoms with van der Waals surface area (Å²) in [5, 5.41) is 11.4. The number of carbonyl (C=O) groups excluding carboxylic acids is 2. The average molecular weight is 528 g/mol. The lowest BCUT2D eigenvalue weighted by atomic mass is 9.94. The predicted octanol–water partition coefficient (Wildman–Crippen LogP) is 6.69. The minimum absolute atomic E-state index is 0.0727. The number of aryl methyl sites for hydroxylation is 1. The van der Waals surface area contributed by atoms with Crippen LogP contribution < -0.4 is 9.47 Å². The molecule has 204 valence electrons. The Bertz CT molecular complexity index is 1360. The van der Waals surface area contributed by atoms with Crippen LogP contribution in [0.25, 0.3) is 5.76 Å². The Morgan fingerprint density at radius 1 is 0.846 bits per heavy atom. The second-order valence-corrected chi connectivity index (χ2v) is 10.9. The molecule has 1 amide bonds. The van der Waals surface area contributed by atoms with E-state index in [1.54, 1.807) is 18.2 Å². The van der Waals surface area contributed by atoms with Crippen molar-refractivity contribution in [2.75, 3.05) is 13.2 Å². The first kappa shape index (κ1) is 28.0. The van der Waals surface area contributed by atoms with Crippen LogP contribution >= 0.6 is 0 Å². The number of benzene rings is 3. The second kappa shape index (κ2) is 12.2. The summed E-state index contributed by atoms with van der Waals surface area (Å²) in [5.41, 5.74) is 3.12. The molecule has 0 aliphatic carbocycles. The van der Waals surface area contributed by atoms with Crippen LogP contribution in [0.5, 0.6) is 11.5 Å². The standard InChI is InChI=1S/C33H37NO5/c1-21(2)19-38-27-14-12-24(13-15-27)18-34-30(25-9-6-8-23(5)16-25)29(32(36)33(34)37)31(35)26-10-7-11-28(17-26)39-20-22(3)4/h6-17,21-22,30,35H,18-20H2,1-5H3/b31-29-. The first-order valence-electron chi connectivity index (χ1n) is 13.4. The molecular formula is C33H37NO5. The third-order valence-corrected chi connectivity index (χ3v) is 6.45. The van der Waals surface area contributed by atoms with Crippen LogP contribution in [-0.4, -0.2) is 34.9 Å². The van der Waals surface area contributed by atoms with Crippen molar-refractivity contribution in [3.63, 3.8) is 0 Å². The lowest BCUT2D eigenvalue weighted by molar-refractivity contribution is -0.140. The van der Waals surface area contributed by atoms with Crippen molar-refractivity contribution in [2.24, 2.45) is 11.8 Å². The minimum atomic E-state index is -0.734. The van der Waals surface area contributed by atoms with Crippen molar-refractivity contribution in [1.29, 1.82) is 0 Å². The molecule has 1 saturated heterocycles. The van der Waals surface area contributed by atoms with Crippen molar-refractivity contribution in [1.82, 2.24) is 4.90 Å². The molecule has 0 radical (unpaired) electrons. The topological polar surface area (TPSA) is 76.1 Å². The monoisotopic (exact) mass is 527 g/mol. The quantitative estimate of drug-likeness (QED) is 0.181. The Labute approximate surface area is 230 Å². The smallest absolute Gasteiger partial charge is 0.295 e. The zero-order chi connectivity index (χ0) is 28.1. The Morgan fingerprint density at radius 3 is 2.13 bits per heavy atom. The highest BCUT2D eigenvalue weighted by atomic mass is 16.5. The van der Waals surface area contributed by atoms with E-state index in [0.717, 1.165) is 22.4 Å². The normalized spacial score (nSPS) is 16.8. The fourth-order valence-corrected chi connectivity index (χ4v) is 4.53. The van der Waals surface area contributed by atoms with Crippen LogP contribution in [0.4, 0.5) is 0 Å². The van der Waals surface area contributed by atoms with E-state index in [0.29, 0.717) is 36.4 Å². The van der Waals surface area contributed by atoms with Crippen molar-refractivity contribution in [3.8, 4) is 11.5 Å². The highest BCUT2D eigenvalue weighted by molar-refractivity contribution is 6.46. The first-order chi connectivity index (χ1) is 18.6. The zero-order valence-electron chi connectivity index (χ0n) is 23.3. The molecule has 4 rings (SSSR count). The van der Waals surface area contributed by atoms with Crippen LogP contribution in [0.2, 0.25) is 0 Å². The van der Waals surface area contributed by atoms with E-state index < -0.39 is 17.7 Å². The van der Waals surface area contributed by atoms with Crippen molar-refractivity contribution in [2.45, 2.75) is 47.2 Å². The van der Waals surface area contributed by atoms with Gasteiger partial charge < -0.3 is 19.5 Å². The van der Waals surface area contributed by atoms with Gasteiger partial charge in [-0.15, -0.1) is 0 Å². The maximum Gasteiger partial charge on any atom is 0.295 e. The lowest BCUT2D eigenvalue weighted by Crippen LogP contribution is -2.29. The fourth-order valence-electron chi connectivity index (χ4n) is 4.53. The number of nitrogens with zero attached hydrogens (tertiary/aromatic N) is 1. The number of carbonyl (C=O) groups is 2. The maximum absolute atomic E-state index is 13.4. The fraction of sp³-hybridized carbons (Fsp3) is 0.333. The number of rotatable bonds is 10. The molecule has 1 N–H and O–H groups in total. The summed E-state index contributed by atoms with van der Waals surface area (Å²) >= 11 is 0. The Kier molecular flexibility index (Phi) is 8.75. The molecule has 6 heteroatoms. The number of hydrogen-bond acceptors (Lipinski definition) is 5. The molecule has 1 fully saturated rings. The molecule has 1 unspecified atom stereocenters. The van der Waals surface area contributed by atoms with Gasteiger partial charge >= 0.3 is 0 Å². The van der Waals surface area contributed by atoms with Gasteiger partial charge in [0, 0.05) is 12.1 Å². The molecule has 0 spiro atoms. The number of amides is 1. The van der Waals surface area contributed by atoms with Crippen molar-refractivity contribution in [3.05, 3.63) is 101 Å². The van der Waals surface area contributed by atoms with E-state index in [2.05, 4.69) is 27.7 Å². The Morgan fingerprint density at radius 2 is 1.49 bits per heavy atom. The minimum Gasteiger partial charge on any atom is -0.507 e. The number of ether oxygens (including phenoxy) is 2. The molecule has 1 atom stereocenters. The molecule has 1 aliphatic heterocycles. The third kappa shape index (κ3) is 6.69. The van der Waals surface area contributed by atoms with Gasteiger partial charge in [0.25, 0.3) is 11.7 Å². The van der Waals surface area contributed by atoms with E-state index in [1.807, 2.05) is 61.5 Å². The summed E-state index contributed by atoms with van der Waals surface area (Å²) in [4.78, 5) is 28.4. The van der Waals surface area contributed by atoms with Gasteiger partial charge in [0.15, 0.2) is 0 Å². The summed E-state index contributed by atoms with van der Waals surface area (Å²) in [6.07, 6.45) is 0. The van der Waals surface area contributed by atoms with Gasteiger partial charge in [0.05, 0.1) is 24.8 Å². The first-order valence-corrected chi connectivity index (χ1v) is 13.4. The molecule has 1 heterocycles. The number of aliphatic hydroxyl groups is 1. The maximum atomic E-state index is 13.4. The molecule has 3 aromatic carbocycles. The Hall–Kier alpha value is -4.06. The third-order valence-electron chi connectivity index (χ3n) is 6.45. The summed E-state index contributed by atoms with van der Waals surface area (Å²) in [7, 11) is 0. The van der Waals surface area contributed by atoms with Crippen molar-refractivity contribution < 1.29 is 24.2 Å². The molecule has 0 aromatic heterocycles. The Balaban J connectivity index is 1.72. The number of Topliss-reactive ketones (excluding diaryl/α,β-unsaturated/α-hetero) is 1. The van der Waals surface area contributed by atoms with Crippen LogP contribution in [0.3, 0.4) is 0 Å². The molecule has 39 heavy (non-hydrogen) atoms. The second-order valence-electron chi connectivity index (χ2n) is 10.9. The number of hydrogen-bond donors (Lipinski definition) is 1. The predicted molar refractivity (Wildman–Crippen MR) is 153 cm³/mol. The molecule has 3 aromatic rings. The average Bonchev–Trinajstić information content (AvgIpc) is 3.16. The van der Waals surface area contributed by atoms with Gasteiger partial charge in [-0.1, -0.05) is 81.8 Å². The summed E-state index contributed by atoms with van der Waals surface area (Å²) in [5.74, 6) is 0.533. The van der Waals surface area contributed by atoms with Crippen LogP contribution in [0.1, 0.15) is 56.0 Å². The van der Waals surface area contributed by atoms with E-state index >= 15 is 0 Å². The van der Waals surface area contributed by atoms with Gasteiger partial charge in [0.2, 0.25) is 0 Å². The number of likely N-dealkylation sites (tertiary alicyclic amines) is 1. The van der Waals surface area contributed by atoms with Gasteiger partial charge in [-0.25, -0.2) is 0 Å². The molecular weight excluding hydrogens is 490 g/mol. The summed E-state index contributed by atoms with van der Waals surface area (Å²) in [6, 6.07) is 21.5. The molecule has 1 aliphatic rings. The highest BCUT2D eigenvalue weighted by Crippen LogP contribution is 2.41. The molecule has 6 nitrogen and oxygen atoms in total. The summed E-state index contributed by atoms with van der Waals surface area (Å²) in [6.45, 7) is 11.6. The number of ketones is 1.